The Labute approximate surface area is 401 Å². The minimum atomic E-state index is 0.0194. The van der Waals surface area contributed by atoms with Crippen LogP contribution in [0, 0.1) is 20.8 Å². The van der Waals surface area contributed by atoms with E-state index in [0.29, 0.717) is 5.02 Å². The van der Waals surface area contributed by atoms with Crippen LogP contribution < -0.4 is 14.7 Å². The maximum absolute atomic E-state index is 7.97. The fourth-order valence-electron chi connectivity index (χ4n) is 8.95. The monoisotopic (exact) mass is 899 g/mol. The lowest BCUT2D eigenvalue weighted by Crippen LogP contribution is -2.17. The van der Waals surface area contributed by atoms with E-state index in [1.807, 2.05) is 11.3 Å². The molecule has 0 N–H and O–H groups in total. The Morgan fingerprint density at radius 2 is 0.864 bits per heavy atom. The lowest BCUT2D eigenvalue weighted by atomic mass is 9.86. The van der Waals surface area contributed by atoms with Gasteiger partial charge in [-0.15, -0.1) is 11.3 Å². The molecule has 0 saturated carbocycles. The van der Waals surface area contributed by atoms with Crippen LogP contribution in [-0.4, -0.2) is 0 Å². The Kier molecular flexibility index (Phi) is 12.2. The summed E-state index contributed by atoms with van der Waals surface area (Å²) >= 11 is 9.81. The fraction of sp³-hybridized carbons (Fsp3) is 0.180. The van der Waals surface area contributed by atoms with Crippen LogP contribution in [0.15, 0.2) is 188 Å². The summed E-state index contributed by atoms with van der Waals surface area (Å²) in [6.07, 6.45) is 0. The number of hydrogen-bond acceptors (Lipinski definition) is 4. The number of thiophene rings is 1. The molecular weight excluding hydrogens is 842 g/mol. The average Bonchev–Trinajstić information content (AvgIpc) is 3.74. The molecule has 0 amide bonds. The van der Waals surface area contributed by atoms with E-state index in [1.165, 1.54) is 31.7 Å². The molecule has 0 aliphatic heterocycles. The first-order valence-electron chi connectivity index (χ1n) is 22.9. The van der Waals surface area contributed by atoms with Gasteiger partial charge in [0.1, 0.15) is 0 Å². The Morgan fingerprint density at radius 1 is 0.409 bits per heavy atom. The minimum absolute atomic E-state index is 0.0194. The summed E-state index contributed by atoms with van der Waals surface area (Å²) in [7, 11) is 0. The van der Waals surface area contributed by atoms with Crippen molar-refractivity contribution in [2.24, 2.45) is 0 Å². The first-order valence-corrected chi connectivity index (χ1v) is 24.1. The summed E-state index contributed by atoms with van der Waals surface area (Å²) in [5.74, 6) is 0. The third-order valence-electron chi connectivity index (χ3n) is 12.5. The van der Waals surface area contributed by atoms with E-state index < -0.39 is 0 Å². The zero-order chi connectivity index (χ0) is 46.3. The maximum atomic E-state index is 7.97. The number of anilines is 9. The van der Waals surface area contributed by atoms with Crippen LogP contribution in [0.4, 0.5) is 51.2 Å². The topological polar surface area (TPSA) is 9.72 Å². The van der Waals surface area contributed by atoms with Crippen molar-refractivity contribution in [1.82, 2.24) is 0 Å². The Morgan fingerprint density at radius 3 is 1.42 bits per heavy atom. The summed E-state index contributed by atoms with van der Waals surface area (Å²) in [6, 6.07) is 68.3. The molecule has 9 rings (SSSR count). The van der Waals surface area contributed by atoms with Crippen molar-refractivity contribution < 1.29 is 0 Å². The smallest absolute Gasteiger partial charge is 0.0887 e. The average molecular weight is 901 g/mol. The van der Waals surface area contributed by atoms with Crippen molar-refractivity contribution in [2.75, 3.05) is 14.7 Å². The van der Waals surface area contributed by atoms with Gasteiger partial charge in [0.15, 0.2) is 0 Å². The van der Waals surface area contributed by atoms with Crippen LogP contribution in [-0.2, 0) is 10.8 Å². The predicted molar refractivity (Wildman–Crippen MR) is 288 cm³/mol. The van der Waals surface area contributed by atoms with Gasteiger partial charge in [-0.1, -0.05) is 150 Å². The highest BCUT2D eigenvalue weighted by Crippen LogP contribution is 2.50. The second-order valence-electron chi connectivity index (χ2n) is 19.5. The molecule has 1 aromatic heterocycles. The molecule has 9 aromatic rings. The molecule has 0 spiro atoms. The summed E-state index contributed by atoms with van der Waals surface area (Å²) in [6.45, 7) is 20.1. The van der Waals surface area contributed by atoms with E-state index in [1.54, 1.807) is 0 Å². The molecular formula is C61H58ClN3S. The van der Waals surface area contributed by atoms with Gasteiger partial charge in [-0.3, -0.25) is 0 Å². The first kappa shape index (κ1) is 44.6. The fourth-order valence-corrected chi connectivity index (χ4v) is 10.3. The quantitative estimate of drug-likeness (QED) is 0.135. The van der Waals surface area contributed by atoms with Gasteiger partial charge in [0, 0.05) is 43.7 Å². The van der Waals surface area contributed by atoms with Crippen molar-refractivity contribution in [2.45, 2.75) is 73.1 Å². The van der Waals surface area contributed by atoms with Crippen LogP contribution in [0.1, 0.15) is 69.4 Å². The molecule has 1 heterocycles. The molecule has 0 saturated heterocycles. The molecule has 66 heavy (non-hydrogen) atoms. The second-order valence-corrected chi connectivity index (χ2v) is 21.0. The highest BCUT2D eigenvalue weighted by Gasteiger charge is 2.27. The largest absolute Gasteiger partial charge is 0.310 e. The van der Waals surface area contributed by atoms with Gasteiger partial charge in [-0.05, 0) is 161 Å². The Hall–Kier alpha value is -6.59. The molecule has 0 unspecified atom stereocenters. The molecule has 0 atom stereocenters. The van der Waals surface area contributed by atoms with Crippen molar-refractivity contribution in [1.29, 1.82) is 0 Å². The zero-order valence-electron chi connectivity index (χ0n) is 39.5. The molecule has 330 valence electrons. The zero-order valence-corrected chi connectivity index (χ0v) is 41.1. The Balaban J connectivity index is 1.20. The van der Waals surface area contributed by atoms with E-state index in [2.05, 4.69) is 265 Å². The molecule has 8 aromatic carbocycles. The molecule has 0 radical (unpaired) electrons. The van der Waals surface area contributed by atoms with Crippen molar-refractivity contribution in [3.05, 3.63) is 221 Å². The predicted octanol–water partition coefficient (Wildman–Crippen LogP) is 19.2. The number of nitrogens with zero attached hydrogens (tertiary/aromatic N) is 3. The summed E-state index contributed by atoms with van der Waals surface area (Å²) in [5, 5.41) is 1.93. The van der Waals surface area contributed by atoms with Crippen LogP contribution in [0.3, 0.4) is 0 Å². The summed E-state index contributed by atoms with van der Waals surface area (Å²) in [4.78, 5) is 8.28. The lowest BCUT2D eigenvalue weighted by Gasteiger charge is -2.34. The number of hydrogen-bond donors (Lipinski definition) is 0. The van der Waals surface area contributed by atoms with Gasteiger partial charge in [0.05, 0.1) is 22.1 Å². The van der Waals surface area contributed by atoms with Crippen LogP contribution >= 0.6 is 22.9 Å². The second kappa shape index (κ2) is 18.0. The van der Waals surface area contributed by atoms with E-state index in [0.717, 1.165) is 67.9 Å². The highest BCUT2D eigenvalue weighted by molar-refractivity contribution is 7.22. The van der Waals surface area contributed by atoms with Gasteiger partial charge in [0.25, 0.3) is 0 Å². The molecule has 0 fully saturated rings. The number of para-hydroxylation sites is 2. The summed E-state index contributed by atoms with van der Waals surface area (Å²) in [5.41, 5.74) is 16.4. The molecule has 0 bridgehead atoms. The van der Waals surface area contributed by atoms with Crippen LogP contribution in [0.5, 0.6) is 0 Å². The third-order valence-corrected chi connectivity index (χ3v) is 14.1. The SMILES string of the molecule is Cc1cc(N(c2ccc(C(C)(C)C)cc2)c2ccc(C(C)(C)C)cc2)c(Cl)c(N(c2cccc(N(c3ccccc3)c3ccc(-c4cc5ccccc5s4)cc3)c2)c2c(C)cccc2C)c1. The van der Waals surface area contributed by atoms with Crippen LogP contribution in [0.25, 0.3) is 20.5 Å². The van der Waals surface area contributed by atoms with Gasteiger partial charge >= 0.3 is 0 Å². The number of aryl methyl sites for hydroxylation is 3. The molecule has 0 aliphatic rings. The van der Waals surface area contributed by atoms with E-state index >= 15 is 0 Å². The third kappa shape index (κ3) is 9.01. The maximum Gasteiger partial charge on any atom is 0.0887 e. The van der Waals surface area contributed by atoms with Crippen LogP contribution in [0.2, 0.25) is 5.02 Å². The molecule has 0 aliphatic carbocycles. The first-order chi connectivity index (χ1) is 31.6. The lowest BCUT2D eigenvalue weighted by molar-refractivity contribution is 0.590. The molecule has 5 heteroatoms. The van der Waals surface area contributed by atoms with Crippen molar-refractivity contribution in [3.63, 3.8) is 0 Å². The van der Waals surface area contributed by atoms with E-state index in [9.17, 15) is 0 Å². The van der Waals surface area contributed by atoms with Gasteiger partial charge in [-0.25, -0.2) is 0 Å². The van der Waals surface area contributed by atoms with Gasteiger partial charge in [0.2, 0.25) is 0 Å². The summed E-state index contributed by atoms with van der Waals surface area (Å²) < 4.78 is 1.30. The number of benzene rings is 8. The number of rotatable bonds is 10. The van der Waals surface area contributed by atoms with E-state index in [-0.39, 0.29) is 10.8 Å². The van der Waals surface area contributed by atoms with Gasteiger partial charge in [-0.2, -0.15) is 0 Å². The standard InChI is InChI=1S/C61H58ClN3S/c1-41-37-54(64(50-33-27-46(28-34-50)60(4,5)6)51-35-29-47(30-36-51)61(7,8)9)58(62)55(38-41)65(59-42(2)17-15-18-43(59)3)53-23-16-22-52(40-53)63(48-20-11-10-12-21-48)49-31-25-44(26-32-49)57-39-45-19-13-14-24-56(45)66-57/h10-40H,1-9H3. The number of halogens is 1. The van der Waals surface area contributed by atoms with Crippen molar-refractivity contribution >= 4 is 84.2 Å². The highest BCUT2D eigenvalue weighted by atomic mass is 35.5. The minimum Gasteiger partial charge on any atom is -0.310 e. The Bertz CT molecular complexity index is 3030. The normalized spacial score (nSPS) is 11.8. The number of fused-ring (bicyclic) bond motifs is 1. The molecule has 3 nitrogen and oxygen atoms in total. The van der Waals surface area contributed by atoms with E-state index in [4.69, 9.17) is 11.6 Å². The van der Waals surface area contributed by atoms with Gasteiger partial charge < -0.3 is 14.7 Å². The van der Waals surface area contributed by atoms with Crippen molar-refractivity contribution in [3.8, 4) is 10.4 Å².